The predicted octanol–water partition coefficient (Wildman–Crippen LogP) is 3.24. The lowest BCUT2D eigenvalue weighted by molar-refractivity contribution is -0.134. The molecule has 4 nitrogen and oxygen atoms in total. The van der Waals surface area contributed by atoms with Gasteiger partial charge in [-0.3, -0.25) is 9.79 Å². The monoisotopic (exact) mass is 304 g/mol. The molecule has 2 N–H and O–H groups in total. The molecule has 0 amide bonds. The fraction of sp³-hybridized carbons (Fsp3) is 0.556. The number of aliphatic carboxylic acids is 1. The summed E-state index contributed by atoms with van der Waals surface area (Å²) in [6, 6.07) is 4.66. The zero-order valence-corrected chi connectivity index (χ0v) is 14.6. The first-order chi connectivity index (χ1) is 10.1. The molecule has 0 saturated heterocycles. The number of nitrogens with zero attached hydrogens (tertiary/aromatic N) is 1. The molecule has 1 aliphatic rings. The number of rotatable bonds is 2. The lowest BCUT2D eigenvalue weighted by Crippen LogP contribution is -2.22. The Labute approximate surface area is 133 Å². The Morgan fingerprint density at radius 2 is 1.77 bits per heavy atom. The van der Waals surface area contributed by atoms with Crippen LogP contribution in [-0.2, 0) is 16.6 Å². The average molecular weight is 304 g/mol. The quantitative estimate of drug-likeness (QED) is 0.881. The molecule has 0 saturated carbocycles. The van der Waals surface area contributed by atoms with Crippen LogP contribution >= 0.6 is 0 Å². The molecule has 0 aromatic heterocycles. The van der Waals surface area contributed by atoms with E-state index in [2.05, 4.69) is 57.1 Å². The molecule has 0 atom stereocenters. The van der Waals surface area contributed by atoms with Crippen LogP contribution in [0.2, 0.25) is 0 Å². The minimum Gasteiger partial charge on any atom is -0.481 e. The molecule has 4 heteroatoms. The molecule has 0 radical (unpaired) electrons. The van der Waals surface area contributed by atoms with E-state index < -0.39 is 5.97 Å². The number of hydrogen-bond acceptors (Lipinski definition) is 3. The highest BCUT2D eigenvalue weighted by Crippen LogP contribution is 2.27. The minimum absolute atomic E-state index is 0.219. The van der Waals surface area contributed by atoms with E-state index in [4.69, 9.17) is 9.90 Å². The van der Waals surface area contributed by atoms with Crippen LogP contribution in [0, 0.1) is 13.8 Å². The van der Waals surface area contributed by atoms with Crippen molar-refractivity contribution >= 4 is 11.8 Å². The van der Waals surface area contributed by atoms with Gasteiger partial charge < -0.3 is 10.4 Å². The SMILES string of the molecule is CC(=O)O.Cc1cc(C(C)(C)C)cc(C)c1CC1=NCCN1. The summed E-state index contributed by atoms with van der Waals surface area (Å²) >= 11 is 0. The highest BCUT2D eigenvalue weighted by molar-refractivity contribution is 5.86. The van der Waals surface area contributed by atoms with Gasteiger partial charge in [-0.2, -0.15) is 0 Å². The number of carbonyl (C=O) groups is 1. The summed E-state index contributed by atoms with van der Waals surface area (Å²) in [6.45, 7) is 14.2. The van der Waals surface area contributed by atoms with Crippen LogP contribution in [0.15, 0.2) is 17.1 Å². The number of hydrogen-bond donors (Lipinski definition) is 2. The summed E-state index contributed by atoms with van der Waals surface area (Å²) in [5.41, 5.74) is 5.84. The Bertz CT molecular complexity index is 542. The Morgan fingerprint density at radius 3 is 2.14 bits per heavy atom. The Hall–Kier alpha value is -1.84. The van der Waals surface area contributed by atoms with Crippen LogP contribution in [-0.4, -0.2) is 30.0 Å². The van der Waals surface area contributed by atoms with E-state index in [1.807, 2.05) is 0 Å². The number of carboxylic acids is 1. The van der Waals surface area contributed by atoms with Crippen molar-refractivity contribution in [2.24, 2.45) is 4.99 Å². The van der Waals surface area contributed by atoms with Gasteiger partial charge in [-0.15, -0.1) is 0 Å². The third kappa shape index (κ3) is 5.51. The second kappa shape index (κ2) is 7.43. The van der Waals surface area contributed by atoms with Crippen molar-refractivity contribution in [3.8, 4) is 0 Å². The van der Waals surface area contributed by atoms with Crippen LogP contribution in [0.25, 0.3) is 0 Å². The smallest absolute Gasteiger partial charge is 0.300 e. The fourth-order valence-corrected chi connectivity index (χ4v) is 2.44. The van der Waals surface area contributed by atoms with Gasteiger partial charge >= 0.3 is 0 Å². The number of aliphatic imine (C=N–C) groups is 1. The third-order valence-electron chi connectivity index (χ3n) is 3.65. The highest BCUT2D eigenvalue weighted by Gasteiger charge is 2.17. The lowest BCUT2D eigenvalue weighted by atomic mass is 9.83. The van der Waals surface area contributed by atoms with Crippen molar-refractivity contribution < 1.29 is 9.90 Å². The standard InChI is InChI=1S/C16H24N2.C2H4O2/c1-11-8-13(16(3,4)5)9-12(2)14(11)10-15-17-6-7-18-15;1-2(3)4/h8-9H,6-7,10H2,1-5H3,(H,17,18);1H3,(H,3,4). The van der Waals surface area contributed by atoms with Gasteiger partial charge in [0.2, 0.25) is 0 Å². The van der Waals surface area contributed by atoms with Gasteiger partial charge in [0.1, 0.15) is 5.84 Å². The summed E-state index contributed by atoms with van der Waals surface area (Å²) in [7, 11) is 0. The van der Waals surface area contributed by atoms with Gasteiger partial charge in [0.15, 0.2) is 0 Å². The van der Waals surface area contributed by atoms with Crippen LogP contribution in [0.1, 0.15) is 49.9 Å². The number of nitrogens with one attached hydrogen (secondary N) is 1. The molecule has 1 aromatic rings. The lowest BCUT2D eigenvalue weighted by Gasteiger charge is -2.22. The largest absolute Gasteiger partial charge is 0.481 e. The van der Waals surface area contributed by atoms with Gasteiger partial charge in [-0.25, -0.2) is 0 Å². The van der Waals surface area contributed by atoms with E-state index in [9.17, 15) is 0 Å². The molecule has 0 fully saturated rings. The zero-order valence-electron chi connectivity index (χ0n) is 14.6. The maximum Gasteiger partial charge on any atom is 0.300 e. The van der Waals surface area contributed by atoms with Crippen molar-refractivity contribution in [1.82, 2.24) is 5.32 Å². The van der Waals surface area contributed by atoms with Crippen molar-refractivity contribution in [2.45, 2.75) is 53.4 Å². The number of benzene rings is 1. The van der Waals surface area contributed by atoms with Crippen LogP contribution < -0.4 is 5.32 Å². The molecule has 2 rings (SSSR count). The summed E-state index contributed by atoms with van der Waals surface area (Å²) in [4.78, 5) is 13.5. The molecular formula is C18H28N2O2. The second-order valence-electron chi connectivity index (χ2n) is 6.79. The predicted molar refractivity (Wildman–Crippen MR) is 91.9 cm³/mol. The highest BCUT2D eigenvalue weighted by atomic mass is 16.4. The first-order valence-electron chi connectivity index (χ1n) is 7.68. The molecule has 122 valence electrons. The van der Waals surface area contributed by atoms with Gasteiger partial charge in [-0.05, 0) is 41.5 Å². The molecule has 0 bridgehead atoms. The molecular weight excluding hydrogens is 276 g/mol. The summed E-state index contributed by atoms with van der Waals surface area (Å²) in [6.07, 6.45) is 0.947. The normalized spacial score (nSPS) is 13.8. The molecule has 0 spiro atoms. The summed E-state index contributed by atoms with van der Waals surface area (Å²) in [5, 5.41) is 10.8. The molecule has 0 aliphatic carbocycles. The summed E-state index contributed by atoms with van der Waals surface area (Å²) in [5.74, 6) is 0.310. The first kappa shape index (κ1) is 18.2. The molecule has 1 heterocycles. The molecule has 22 heavy (non-hydrogen) atoms. The van der Waals surface area contributed by atoms with E-state index in [0.717, 1.165) is 32.3 Å². The maximum absolute atomic E-state index is 9.00. The Balaban J connectivity index is 0.000000541. The van der Waals surface area contributed by atoms with Crippen molar-refractivity contribution in [3.63, 3.8) is 0 Å². The fourth-order valence-electron chi connectivity index (χ4n) is 2.44. The minimum atomic E-state index is -0.833. The van der Waals surface area contributed by atoms with E-state index in [-0.39, 0.29) is 5.41 Å². The van der Waals surface area contributed by atoms with E-state index in [1.165, 1.54) is 22.3 Å². The topological polar surface area (TPSA) is 61.7 Å². The number of aryl methyl sites for hydroxylation is 2. The van der Waals surface area contributed by atoms with Gasteiger partial charge in [0.25, 0.3) is 5.97 Å². The van der Waals surface area contributed by atoms with Crippen molar-refractivity contribution in [3.05, 3.63) is 34.4 Å². The molecule has 0 unspecified atom stereocenters. The van der Waals surface area contributed by atoms with Gasteiger partial charge in [-0.1, -0.05) is 32.9 Å². The van der Waals surface area contributed by atoms with E-state index in [0.29, 0.717) is 0 Å². The van der Waals surface area contributed by atoms with Crippen LogP contribution in [0.5, 0.6) is 0 Å². The van der Waals surface area contributed by atoms with Crippen LogP contribution in [0.3, 0.4) is 0 Å². The van der Waals surface area contributed by atoms with E-state index >= 15 is 0 Å². The van der Waals surface area contributed by atoms with Crippen molar-refractivity contribution in [1.29, 1.82) is 0 Å². The van der Waals surface area contributed by atoms with Crippen LogP contribution in [0.4, 0.5) is 0 Å². The van der Waals surface area contributed by atoms with E-state index in [1.54, 1.807) is 0 Å². The maximum atomic E-state index is 9.00. The van der Waals surface area contributed by atoms with Gasteiger partial charge in [0.05, 0.1) is 6.54 Å². The summed E-state index contributed by atoms with van der Waals surface area (Å²) < 4.78 is 0. The zero-order chi connectivity index (χ0) is 16.9. The number of carboxylic acid groups (broad SMARTS) is 1. The third-order valence-corrected chi connectivity index (χ3v) is 3.65. The number of amidine groups is 1. The Kier molecular flexibility index (Phi) is 6.15. The first-order valence-corrected chi connectivity index (χ1v) is 7.68. The average Bonchev–Trinajstić information content (AvgIpc) is 2.84. The molecule has 1 aliphatic heterocycles. The van der Waals surface area contributed by atoms with Gasteiger partial charge in [0, 0.05) is 19.9 Å². The Morgan fingerprint density at radius 1 is 1.27 bits per heavy atom. The van der Waals surface area contributed by atoms with Crippen molar-refractivity contribution in [2.75, 3.05) is 13.1 Å². The molecule has 1 aromatic carbocycles. The second-order valence-corrected chi connectivity index (χ2v) is 6.79.